The van der Waals surface area contributed by atoms with Gasteiger partial charge in [-0.1, -0.05) is 32.0 Å². The molecule has 2 aliphatic heterocycles. The molecule has 2 unspecified atom stereocenters. The maximum atomic E-state index is 10.6. The van der Waals surface area contributed by atoms with E-state index in [1.165, 1.54) is 0 Å². The van der Waals surface area contributed by atoms with E-state index in [9.17, 15) is 5.11 Å². The average molecular weight is 390 g/mol. The van der Waals surface area contributed by atoms with Gasteiger partial charge in [-0.2, -0.15) is 5.10 Å². The number of aliphatic hydroxyl groups excluding tert-OH is 1. The number of hydrazone groups is 1. The van der Waals surface area contributed by atoms with Crippen LogP contribution in [0.1, 0.15) is 50.3 Å². The SMILES string of the molecule is COc1ccc(C2=NN3C(C2)c2ccccc2OC32C=C(O)CC(C)(C)C2)cc1. The molecular formula is C24H26N2O3. The molecule has 2 aromatic carbocycles. The molecule has 2 aromatic rings. The van der Waals surface area contributed by atoms with E-state index in [2.05, 4.69) is 24.9 Å². The second-order valence-electron chi connectivity index (χ2n) is 8.98. The third-order valence-electron chi connectivity index (χ3n) is 6.07. The Kier molecular flexibility index (Phi) is 3.92. The molecule has 29 heavy (non-hydrogen) atoms. The van der Waals surface area contributed by atoms with Crippen molar-refractivity contribution in [1.29, 1.82) is 0 Å². The summed E-state index contributed by atoms with van der Waals surface area (Å²) < 4.78 is 11.9. The molecule has 150 valence electrons. The number of methoxy groups -OCH3 is 1. The van der Waals surface area contributed by atoms with Gasteiger partial charge in [0, 0.05) is 30.9 Å². The van der Waals surface area contributed by atoms with Crippen LogP contribution in [0, 0.1) is 5.41 Å². The van der Waals surface area contributed by atoms with Crippen LogP contribution in [0.2, 0.25) is 0 Å². The molecule has 2 atom stereocenters. The Hall–Kier alpha value is -2.95. The Morgan fingerprint density at radius 2 is 1.90 bits per heavy atom. The van der Waals surface area contributed by atoms with Gasteiger partial charge >= 0.3 is 0 Å². The summed E-state index contributed by atoms with van der Waals surface area (Å²) in [6.07, 6.45) is 4.06. The second kappa shape index (κ2) is 6.28. The van der Waals surface area contributed by atoms with Crippen LogP contribution in [-0.2, 0) is 0 Å². The Balaban J connectivity index is 1.62. The van der Waals surface area contributed by atoms with Crippen LogP contribution >= 0.6 is 0 Å². The zero-order chi connectivity index (χ0) is 20.2. The zero-order valence-corrected chi connectivity index (χ0v) is 17.1. The Morgan fingerprint density at radius 1 is 1.14 bits per heavy atom. The number of rotatable bonds is 2. The number of aliphatic hydroxyl groups is 1. The molecule has 0 bridgehead atoms. The highest BCUT2D eigenvalue weighted by Gasteiger charge is 2.53. The van der Waals surface area contributed by atoms with E-state index in [0.717, 1.165) is 41.2 Å². The maximum Gasteiger partial charge on any atom is 0.221 e. The molecule has 0 aromatic heterocycles. The topological polar surface area (TPSA) is 54.3 Å². The van der Waals surface area contributed by atoms with Gasteiger partial charge in [-0.25, -0.2) is 5.01 Å². The van der Waals surface area contributed by atoms with Crippen molar-refractivity contribution in [1.82, 2.24) is 5.01 Å². The molecule has 0 saturated carbocycles. The summed E-state index contributed by atoms with van der Waals surface area (Å²) in [5.41, 5.74) is 2.37. The van der Waals surface area contributed by atoms with Crippen molar-refractivity contribution in [3.05, 3.63) is 71.5 Å². The van der Waals surface area contributed by atoms with Crippen LogP contribution < -0.4 is 9.47 Å². The first-order valence-electron chi connectivity index (χ1n) is 10.1. The highest BCUT2D eigenvalue weighted by Crippen LogP contribution is 2.53. The molecule has 0 amide bonds. The normalized spacial score (nSPS) is 26.9. The maximum absolute atomic E-state index is 10.6. The quantitative estimate of drug-likeness (QED) is 0.766. The largest absolute Gasteiger partial charge is 0.512 e. The predicted molar refractivity (Wildman–Crippen MR) is 112 cm³/mol. The summed E-state index contributed by atoms with van der Waals surface area (Å²) in [7, 11) is 1.67. The van der Waals surface area contributed by atoms with Gasteiger partial charge in [0.15, 0.2) is 0 Å². The number of fused-ring (bicyclic) bond motifs is 4. The smallest absolute Gasteiger partial charge is 0.221 e. The number of allylic oxidation sites excluding steroid dienone is 1. The third-order valence-corrected chi connectivity index (χ3v) is 6.07. The molecule has 1 spiro atoms. The second-order valence-corrected chi connectivity index (χ2v) is 8.98. The summed E-state index contributed by atoms with van der Waals surface area (Å²) in [6, 6.07) is 16.3. The molecule has 1 N–H and O–H groups in total. The molecule has 5 rings (SSSR count). The number of hydrogen-bond acceptors (Lipinski definition) is 5. The van der Waals surface area contributed by atoms with Crippen molar-refractivity contribution >= 4 is 5.71 Å². The summed E-state index contributed by atoms with van der Waals surface area (Å²) >= 11 is 0. The number of para-hydroxylation sites is 1. The standard InChI is InChI=1S/C24H26N2O3/c1-23(2)13-17(27)14-24(15-23)26-21(19-6-4-5-7-22(19)29-24)12-20(25-26)16-8-10-18(28-3)11-9-16/h4-11,14,21,27H,12-13,15H2,1-3H3. The highest BCUT2D eigenvalue weighted by molar-refractivity contribution is 6.02. The van der Waals surface area contributed by atoms with Crippen molar-refractivity contribution in [3.8, 4) is 11.5 Å². The molecule has 0 saturated heterocycles. The summed E-state index contributed by atoms with van der Waals surface area (Å²) in [5, 5.41) is 17.7. The van der Waals surface area contributed by atoms with E-state index in [0.29, 0.717) is 12.2 Å². The van der Waals surface area contributed by atoms with Crippen LogP contribution in [0.15, 0.2) is 65.5 Å². The van der Waals surface area contributed by atoms with Gasteiger partial charge in [0.25, 0.3) is 0 Å². The third kappa shape index (κ3) is 2.96. The number of nitrogens with zero attached hydrogens (tertiary/aromatic N) is 2. The average Bonchev–Trinajstić information content (AvgIpc) is 3.13. The van der Waals surface area contributed by atoms with Gasteiger partial charge in [0.05, 0.1) is 24.6 Å². The Labute approximate surface area is 171 Å². The zero-order valence-electron chi connectivity index (χ0n) is 17.1. The van der Waals surface area contributed by atoms with Crippen molar-refractivity contribution < 1.29 is 14.6 Å². The lowest BCUT2D eigenvalue weighted by Crippen LogP contribution is -2.56. The van der Waals surface area contributed by atoms with Crippen LogP contribution in [0.3, 0.4) is 0 Å². The Morgan fingerprint density at radius 3 is 2.62 bits per heavy atom. The van der Waals surface area contributed by atoms with E-state index >= 15 is 0 Å². The van der Waals surface area contributed by atoms with Gasteiger partial charge in [-0.05, 0) is 41.3 Å². The van der Waals surface area contributed by atoms with Crippen LogP contribution in [0.4, 0.5) is 0 Å². The van der Waals surface area contributed by atoms with Gasteiger partial charge in [-0.15, -0.1) is 0 Å². The van der Waals surface area contributed by atoms with E-state index in [1.807, 2.05) is 48.5 Å². The molecular weight excluding hydrogens is 364 g/mol. The van der Waals surface area contributed by atoms with E-state index < -0.39 is 5.72 Å². The van der Waals surface area contributed by atoms with Gasteiger partial charge < -0.3 is 14.6 Å². The van der Waals surface area contributed by atoms with E-state index in [1.54, 1.807) is 7.11 Å². The fourth-order valence-electron chi connectivity index (χ4n) is 4.96. The van der Waals surface area contributed by atoms with E-state index in [-0.39, 0.29) is 11.5 Å². The fourth-order valence-corrected chi connectivity index (χ4v) is 4.96. The number of benzene rings is 2. The molecule has 1 aliphatic carbocycles. The molecule has 5 nitrogen and oxygen atoms in total. The summed E-state index contributed by atoms with van der Waals surface area (Å²) in [6.45, 7) is 4.34. The minimum absolute atomic E-state index is 0.0787. The van der Waals surface area contributed by atoms with Crippen molar-refractivity contribution in [2.24, 2.45) is 10.5 Å². The fraction of sp³-hybridized carbons (Fsp3) is 0.375. The van der Waals surface area contributed by atoms with Crippen LogP contribution in [-0.4, -0.2) is 28.7 Å². The minimum atomic E-state index is -0.779. The van der Waals surface area contributed by atoms with Crippen molar-refractivity contribution in [2.45, 2.75) is 44.9 Å². The van der Waals surface area contributed by atoms with Gasteiger partial charge in [0.1, 0.15) is 11.5 Å². The number of hydrogen-bond donors (Lipinski definition) is 1. The lowest BCUT2D eigenvalue weighted by Gasteiger charge is -2.50. The lowest BCUT2D eigenvalue weighted by atomic mass is 9.75. The molecule has 2 heterocycles. The van der Waals surface area contributed by atoms with E-state index in [4.69, 9.17) is 14.6 Å². The van der Waals surface area contributed by atoms with Crippen molar-refractivity contribution in [3.63, 3.8) is 0 Å². The van der Waals surface area contributed by atoms with Crippen molar-refractivity contribution in [2.75, 3.05) is 7.11 Å². The molecule has 0 fully saturated rings. The summed E-state index contributed by atoms with van der Waals surface area (Å²) in [4.78, 5) is 0. The van der Waals surface area contributed by atoms with Crippen LogP contribution in [0.25, 0.3) is 0 Å². The molecule has 5 heteroatoms. The first-order chi connectivity index (χ1) is 13.9. The first-order valence-corrected chi connectivity index (χ1v) is 10.1. The number of ether oxygens (including phenoxy) is 2. The van der Waals surface area contributed by atoms with Gasteiger partial charge in [0.2, 0.25) is 5.72 Å². The van der Waals surface area contributed by atoms with Crippen LogP contribution in [0.5, 0.6) is 11.5 Å². The monoisotopic (exact) mass is 390 g/mol. The Bertz CT molecular complexity index is 1010. The molecule has 0 radical (unpaired) electrons. The molecule has 3 aliphatic rings. The predicted octanol–water partition coefficient (Wildman–Crippen LogP) is 5.20. The lowest BCUT2D eigenvalue weighted by molar-refractivity contribution is -0.115. The minimum Gasteiger partial charge on any atom is -0.512 e. The summed E-state index contributed by atoms with van der Waals surface area (Å²) in [5.74, 6) is 2.08. The van der Waals surface area contributed by atoms with Gasteiger partial charge in [-0.3, -0.25) is 0 Å². The highest BCUT2D eigenvalue weighted by atomic mass is 16.5. The first kappa shape index (κ1) is 18.1.